The molecule has 0 fully saturated rings. The first-order valence-electron chi connectivity index (χ1n) is 10.7. The van der Waals surface area contributed by atoms with Crippen LogP contribution in [-0.4, -0.2) is 36.4 Å². The van der Waals surface area contributed by atoms with Gasteiger partial charge in [-0.15, -0.1) is 0 Å². The van der Waals surface area contributed by atoms with Crippen LogP contribution >= 0.6 is 0 Å². The smallest absolute Gasteiger partial charge is 0.340 e. The number of nitrogens with one attached hydrogen (secondary N) is 2. The van der Waals surface area contributed by atoms with Crippen LogP contribution in [0.1, 0.15) is 22.3 Å². The third kappa shape index (κ3) is 7.10. The number of halogens is 1. The van der Waals surface area contributed by atoms with Crippen molar-refractivity contribution < 1.29 is 33.2 Å². The third-order valence-electron chi connectivity index (χ3n) is 4.98. The Labute approximate surface area is 205 Å². The van der Waals surface area contributed by atoms with Gasteiger partial charge in [-0.25, -0.2) is 4.79 Å². The molecule has 0 radical (unpaired) electrons. The van der Waals surface area contributed by atoms with Crippen molar-refractivity contribution in [2.24, 2.45) is 0 Å². The molecule has 0 saturated heterocycles. The van der Waals surface area contributed by atoms with Crippen molar-refractivity contribution in [3.8, 4) is 5.75 Å². The zero-order valence-corrected chi connectivity index (χ0v) is 19.2. The number of hydrogen-bond acceptors (Lipinski definition) is 7. The quantitative estimate of drug-likeness (QED) is 0.245. The van der Waals surface area contributed by atoms with Crippen LogP contribution in [0.15, 0.2) is 66.7 Å². The van der Waals surface area contributed by atoms with Crippen molar-refractivity contribution in [2.75, 3.05) is 24.4 Å². The summed E-state index contributed by atoms with van der Waals surface area (Å²) in [6.45, 7) is -0.705. The lowest BCUT2D eigenvalue weighted by Crippen LogP contribution is -2.22. The molecule has 3 aromatic carbocycles. The number of methoxy groups -OCH3 is 1. The number of hydrogen-bond donors (Lipinski definition) is 2. The van der Waals surface area contributed by atoms with Gasteiger partial charge in [0, 0.05) is 18.2 Å². The first kappa shape index (κ1) is 25.8. The van der Waals surface area contributed by atoms with E-state index in [0.717, 1.165) is 23.8 Å². The summed E-state index contributed by atoms with van der Waals surface area (Å²) in [5.41, 5.74) is 0.364. The summed E-state index contributed by atoms with van der Waals surface area (Å²) in [5, 5.41) is 15.8. The molecular formula is C25H22FN3O7. The van der Waals surface area contributed by atoms with Crippen LogP contribution in [0.5, 0.6) is 5.75 Å². The van der Waals surface area contributed by atoms with E-state index in [1.165, 1.54) is 12.1 Å². The first-order valence-corrected chi connectivity index (χ1v) is 10.7. The predicted octanol–water partition coefficient (Wildman–Crippen LogP) is 4.11. The van der Waals surface area contributed by atoms with Gasteiger partial charge < -0.3 is 20.1 Å². The molecule has 0 aromatic heterocycles. The fourth-order valence-electron chi connectivity index (χ4n) is 3.17. The minimum absolute atomic E-state index is 0.0336. The highest BCUT2D eigenvalue weighted by Crippen LogP contribution is 2.22. The second-order valence-electron chi connectivity index (χ2n) is 7.49. The molecule has 0 saturated carbocycles. The number of carbonyl (C=O) groups excluding carboxylic acids is 3. The minimum atomic E-state index is -1.05. The number of carbonyl (C=O) groups is 3. The maximum Gasteiger partial charge on any atom is 0.340 e. The first-order chi connectivity index (χ1) is 17.3. The molecule has 0 heterocycles. The molecule has 11 heteroatoms. The van der Waals surface area contributed by atoms with Crippen molar-refractivity contribution in [1.82, 2.24) is 0 Å². The van der Waals surface area contributed by atoms with Crippen LogP contribution in [0.25, 0.3) is 0 Å². The molecule has 10 nitrogen and oxygen atoms in total. The maximum absolute atomic E-state index is 13.4. The molecule has 0 aliphatic carbocycles. The van der Waals surface area contributed by atoms with Gasteiger partial charge in [0.05, 0.1) is 23.3 Å². The van der Waals surface area contributed by atoms with Crippen LogP contribution in [0, 0.1) is 15.9 Å². The van der Waals surface area contributed by atoms with Crippen LogP contribution in [0.2, 0.25) is 0 Å². The number of rotatable bonds is 10. The number of anilines is 2. The standard InChI is InChI=1S/C25H22FN3O7/c1-35-18-10-6-16(7-11-18)8-13-23(30)28-21-5-3-2-4-19(21)25(32)36-15-24(31)27-17-9-12-20(26)22(14-17)29(33)34/h2-7,9-12,14H,8,13,15H2,1H3,(H,27,31)(H,28,30). The highest BCUT2D eigenvalue weighted by atomic mass is 19.1. The van der Waals surface area contributed by atoms with Gasteiger partial charge in [-0.3, -0.25) is 19.7 Å². The van der Waals surface area contributed by atoms with Crippen LogP contribution in [0.3, 0.4) is 0 Å². The molecule has 0 bridgehead atoms. The SMILES string of the molecule is COc1ccc(CCC(=O)Nc2ccccc2C(=O)OCC(=O)Nc2ccc(F)c([N+](=O)[O-])c2)cc1. The Morgan fingerprint density at radius 1 is 0.972 bits per heavy atom. The van der Waals surface area contributed by atoms with Gasteiger partial charge in [-0.1, -0.05) is 24.3 Å². The van der Waals surface area contributed by atoms with Gasteiger partial charge in [0.25, 0.3) is 5.91 Å². The molecule has 0 spiro atoms. The van der Waals surface area contributed by atoms with Gasteiger partial charge in [0.1, 0.15) is 5.75 Å². The Morgan fingerprint density at radius 3 is 2.39 bits per heavy atom. The number of nitrogens with zero attached hydrogens (tertiary/aromatic N) is 1. The summed E-state index contributed by atoms with van der Waals surface area (Å²) in [5.74, 6) is -2.30. The summed E-state index contributed by atoms with van der Waals surface area (Å²) in [6.07, 6.45) is 0.645. The number of nitro benzene ring substituents is 1. The largest absolute Gasteiger partial charge is 0.497 e. The monoisotopic (exact) mass is 495 g/mol. The van der Waals surface area contributed by atoms with Crippen LogP contribution in [-0.2, 0) is 20.7 Å². The summed E-state index contributed by atoms with van der Waals surface area (Å²) in [6, 6.07) is 16.3. The molecule has 0 unspecified atom stereocenters. The highest BCUT2D eigenvalue weighted by Gasteiger charge is 2.18. The van der Waals surface area contributed by atoms with Crippen molar-refractivity contribution >= 4 is 34.8 Å². The van der Waals surface area contributed by atoms with Gasteiger partial charge in [0.2, 0.25) is 11.7 Å². The Balaban J connectivity index is 1.55. The second kappa shape index (κ2) is 12.1. The minimum Gasteiger partial charge on any atom is -0.497 e. The normalized spacial score (nSPS) is 10.3. The van der Waals surface area contributed by atoms with E-state index in [4.69, 9.17) is 9.47 Å². The van der Waals surface area contributed by atoms with E-state index in [-0.39, 0.29) is 29.3 Å². The molecule has 0 aliphatic heterocycles. The number of para-hydroxylation sites is 1. The molecule has 2 N–H and O–H groups in total. The predicted molar refractivity (Wildman–Crippen MR) is 128 cm³/mol. The highest BCUT2D eigenvalue weighted by molar-refractivity contribution is 6.02. The van der Waals surface area contributed by atoms with Gasteiger partial charge in [0.15, 0.2) is 6.61 Å². The lowest BCUT2D eigenvalue weighted by Gasteiger charge is -2.11. The number of benzene rings is 3. The summed E-state index contributed by atoms with van der Waals surface area (Å²) in [7, 11) is 1.57. The maximum atomic E-state index is 13.4. The number of nitro groups is 1. The van der Waals surface area contributed by atoms with E-state index in [9.17, 15) is 28.9 Å². The van der Waals surface area contributed by atoms with E-state index in [2.05, 4.69) is 10.6 Å². The number of esters is 1. The van der Waals surface area contributed by atoms with E-state index >= 15 is 0 Å². The van der Waals surface area contributed by atoms with E-state index in [1.807, 2.05) is 12.1 Å². The van der Waals surface area contributed by atoms with Crippen LogP contribution < -0.4 is 15.4 Å². The van der Waals surface area contributed by atoms with E-state index in [1.54, 1.807) is 31.4 Å². The molecule has 2 amide bonds. The van der Waals surface area contributed by atoms with E-state index < -0.39 is 34.9 Å². The second-order valence-corrected chi connectivity index (χ2v) is 7.49. The van der Waals surface area contributed by atoms with Gasteiger partial charge in [-0.2, -0.15) is 4.39 Å². The van der Waals surface area contributed by atoms with Crippen molar-refractivity contribution in [3.05, 3.63) is 93.8 Å². The topological polar surface area (TPSA) is 137 Å². The molecular weight excluding hydrogens is 473 g/mol. The van der Waals surface area contributed by atoms with Crippen molar-refractivity contribution in [2.45, 2.75) is 12.8 Å². The third-order valence-corrected chi connectivity index (χ3v) is 4.98. The molecule has 186 valence electrons. The number of aryl methyl sites for hydroxylation is 1. The summed E-state index contributed by atoms with van der Waals surface area (Å²) >= 11 is 0. The zero-order valence-electron chi connectivity index (χ0n) is 19.2. The van der Waals surface area contributed by atoms with Gasteiger partial charge in [-0.05, 0) is 48.4 Å². The zero-order chi connectivity index (χ0) is 26.1. The van der Waals surface area contributed by atoms with Crippen molar-refractivity contribution in [3.63, 3.8) is 0 Å². The number of ether oxygens (including phenoxy) is 2. The van der Waals surface area contributed by atoms with Crippen LogP contribution in [0.4, 0.5) is 21.5 Å². The fourth-order valence-corrected chi connectivity index (χ4v) is 3.17. The average molecular weight is 495 g/mol. The molecule has 3 rings (SSSR count). The summed E-state index contributed by atoms with van der Waals surface area (Å²) in [4.78, 5) is 47.0. The van der Waals surface area contributed by atoms with Gasteiger partial charge >= 0.3 is 11.7 Å². The summed E-state index contributed by atoms with van der Waals surface area (Å²) < 4.78 is 23.6. The molecule has 3 aromatic rings. The molecule has 0 aliphatic rings. The van der Waals surface area contributed by atoms with E-state index in [0.29, 0.717) is 12.2 Å². The molecule has 36 heavy (non-hydrogen) atoms. The Hall–Kier alpha value is -4.80. The Morgan fingerprint density at radius 2 is 1.69 bits per heavy atom. The number of amides is 2. The lowest BCUT2D eigenvalue weighted by molar-refractivity contribution is -0.387. The molecule has 0 atom stereocenters. The Kier molecular flexibility index (Phi) is 8.65. The fraction of sp³-hybridized carbons (Fsp3) is 0.160. The lowest BCUT2D eigenvalue weighted by atomic mass is 10.1. The Bertz CT molecular complexity index is 1280. The average Bonchev–Trinajstić information content (AvgIpc) is 2.87. The van der Waals surface area contributed by atoms with Crippen molar-refractivity contribution in [1.29, 1.82) is 0 Å².